The number of ether oxygens (including phenoxy) is 1. The van der Waals surface area contributed by atoms with Gasteiger partial charge in [-0.15, -0.1) is 0 Å². The average molecular weight is 429 g/mol. The summed E-state index contributed by atoms with van der Waals surface area (Å²) < 4.78 is 38.2. The third-order valence-electron chi connectivity index (χ3n) is 4.60. The summed E-state index contributed by atoms with van der Waals surface area (Å²) in [4.78, 5) is 12.8. The number of carbonyl (C=O) groups excluding carboxylic acids is 1. The predicted octanol–water partition coefficient (Wildman–Crippen LogP) is 3.67. The number of methoxy groups -OCH3 is 1. The van der Waals surface area contributed by atoms with Crippen LogP contribution in [0.3, 0.4) is 0 Å². The van der Waals surface area contributed by atoms with Crippen LogP contribution in [0, 0.1) is 6.92 Å². The van der Waals surface area contributed by atoms with Crippen LogP contribution in [0.15, 0.2) is 76.2 Å². The van der Waals surface area contributed by atoms with Gasteiger partial charge in [-0.25, -0.2) is 8.42 Å². The molecular weight excluding hydrogens is 404 g/mol. The zero-order chi connectivity index (χ0) is 21.7. The van der Waals surface area contributed by atoms with E-state index in [2.05, 4.69) is 5.32 Å². The summed E-state index contributed by atoms with van der Waals surface area (Å²) in [6.07, 6.45) is 1.52. The number of nitrogens with one attached hydrogen (secondary N) is 1. The first kappa shape index (κ1) is 21.4. The summed E-state index contributed by atoms with van der Waals surface area (Å²) in [5.74, 6) is 0.716. The largest absolute Gasteiger partial charge is 0.497 e. The molecule has 3 aromatic rings. The summed E-state index contributed by atoms with van der Waals surface area (Å²) in [6, 6.07) is 16.1. The quantitative estimate of drug-likeness (QED) is 0.591. The molecule has 0 aliphatic heterocycles. The first-order valence-corrected chi connectivity index (χ1v) is 10.8. The maximum absolute atomic E-state index is 13.3. The number of amides is 1. The molecule has 1 aromatic heterocycles. The molecule has 0 saturated carbocycles. The summed E-state index contributed by atoms with van der Waals surface area (Å²) >= 11 is 0. The Morgan fingerprint density at radius 1 is 1.10 bits per heavy atom. The normalized spacial score (nSPS) is 12.2. The molecule has 7 nitrogen and oxygen atoms in total. The highest BCUT2D eigenvalue weighted by molar-refractivity contribution is 7.92. The predicted molar refractivity (Wildman–Crippen MR) is 114 cm³/mol. The van der Waals surface area contributed by atoms with Crippen molar-refractivity contribution in [2.45, 2.75) is 24.8 Å². The molecule has 1 heterocycles. The van der Waals surface area contributed by atoms with Crippen LogP contribution in [-0.2, 0) is 14.8 Å². The molecule has 1 N–H and O–H groups in total. The number of aryl methyl sites for hydroxylation is 1. The minimum Gasteiger partial charge on any atom is -0.497 e. The highest BCUT2D eigenvalue weighted by atomic mass is 32.2. The average Bonchev–Trinajstić information content (AvgIpc) is 3.27. The van der Waals surface area contributed by atoms with Crippen LogP contribution in [0.1, 0.15) is 24.3 Å². The zero-order valence-electron chi connectivity index (χ0n) is 17.0. The second-order valence-corrected chi connectivity index (χ2v) is 8.69. The van der Waals surface area contributed by atoms with Crippen molar-refractivity contribution in [1.29, 1.82) is 0 Å². The lowest BCUT2D eigenvalue weighted by Crippen LogP contribution is -2.41. The summed E-state index contributed by atoms with van der Waals surface area (Å²) in [7, 11) is -2.44. The van der Waals surface area contributed by atoms with Gasteiger partial charge in [0.1, 0.15) is 18.1 Å². The first-order valence-electron chi connectivity index (χ1n) is 9.37. The molecule has 8 heteroatoms. The van der Waals surface area contributed by atoms with Gasteiger partial charge < -0.3 is 14.5 Å². The van der Waals surface area contributed by atoms with E-state index >= 15 is 0 Å². The molecular formula is C22H24N2O5S. The lowest BCUT2D eigenvalue weighted by Gasteiger charge is -2.25. The minimum atomic E-state index is -3.97. The molecule has 0 fully saturated rings. The second kappa shape index (κ2) is 9.04. The number of nitrogens with zero attached hydrogens (tertiary/aromatic N) is 1. The van der Waals surface area contributed by atoms with Crippen molar-refractivity contribution in [3.63, 3.8) is 0 Å². The van der Waals surface area contributed by atoms with E-state index in [1.165, 1.54) is 25.5 Å². The molecule has 1 atom stereocenters. The van der Waals surface area contributed by atoms with Crippen molar-refractivity contribution in [3.8, 4) is 5.75 Å². The monoisotopic (exact) mass is 428 g/mol. The van der Waals surface area contributed by atoms with Crippen LogP contribution in [0.4, 0.5) is 5.69 Å². The molecule has 0 spiro atoms. The minimum absolute atomic E-state index is 0.107. The summed E-state index contributed by atoms with van der Waals surface area (Å²) in [6.45, 7) is 3.26. The van der Waals surface area contributed by atoms with Crippen LogP contribution in [-0.4, -0.2) is 28.0 Å². The summed E-state index contributed by atoms with van der Waals surface area (Å²) in [5.41, 5.74) is 1.30. The van der Waals surface area contributed by atoms with Gasteiger partial charge in [0.2, 0.25) is 5.91 Å². The highest BCUT2D eigenvalue weighted by Crippen LogP contribution is 2.26. The second-order valence-electron chi connectivity index (χ2n) is 6.83. The fourth-order valence-electron chi connectivity index (χ4n) is 2.93. The number of hydrogen-bond acceptors (Lipinski definition) is 5. The SMILES string of the molecule is COc1ccc(N(CC(=O)NC(C)c2ccco2)S(=O)(=O)c2ccc(C)cc2)cc1. The van der Waals surface area contributed by atoms with E-state index in [4.69, 9.17) is 9.15 Å². The molecule has 1 amide bonds. The summed E-state index contributed by atoms with van der Waals surface area (Å²) in [5, 5.41) is 2.77. The van der Waals surface area contributed by atoms with E-state index in [1.54, 1.807) is 55.5 Å². The molecule has 0 saturated heterocycles. The van der Waals surface area contributed by atoms with E-state index in [9.17, 15) is 13.2 Å². The standard InChI is InChI=1S/C22H24N2O5S/c1-16-6-12-20(13-7-16)30(26,27)24(18-8-10-19(28-3)11-9-18)15-22(25)23-17(2)21-5-4-14-29-21/h4-14,17H,15H2,1-3H3,(H,23,25). The Morgan fingerprint density at radius 2 is 1.77 bits per heavy atom. The molecule has 30 heavy (non-hydrogen) atoms. The Hall–Kier alpha value is -3.26. The Bertz CT molecular complexity index is 1080. The molecule has 0 bridgehead atoms. The molecule has 3 rings (SSSR count). The van der Waals surface area contributed by atoms with Crippen LogP contribution in [0.25, 0.3) is 0 Å². The van der Waals surface area contributed by atoms with Crippen molar-refractivity contribution >= 4 is 21.6 Å². The lowest BCUT2D eigenvalue weighted by molar-refractivity contribution is -0.120. The van der Waals surface area contributed by atoms with Gasteiger partial charge in [-0.3, -0.25) is 9.10 Å². The van der Waals surface area contributed by atoms with Gasteiger partial charge >= 0.3 is 0 Å². The number of furan rings is 1. The van der Waals surface area contributed by atoms with Crippen LogP contribution < -0.4 is 14.4 Å². The maximum Gasteiger partial charge on any atom is 0.264 e. The van der Waals surface area contributed by atoms with Crippen LogP contribution in [0.5, 0.6) is 5.75 Å². The van der Waals surface area contributed by atoms with E-state index in [0.29, 0.717) is 17.2 Å². The van der Waals surface area contributed by atoms with Gasteiger partial charge in [0.25, 0.3) is 10.0 Å². The molecule has 1 unspecified atom stereocenters. The molecule has 2 aromatic carbocycles. The van der Waals surface area contributed by atoms with Crippen LogP contribution in [0.2, 0.25) is 0 Å². The van der Waals surface area contributed by atoms with Crippen molar-refractivity contribution in [2.75, 3.05) is 18.0 Å². The third kappa shape index (κ3) is 4.83. The Balaban J connectivity index is 1.90. The first-order chi connectivity index (χ1) is 14.3. The topological polar surface area (TPSA) is 88.8 Å². The Labute approximate surface area is 176 Å². The van der Waals surface area contributed by atoms with E-state index in [-0.39, 0.29) is 11.4 Å². The van der Waals surface area contributed by atoms with E-state index in [0.717, 1.165) is 9.87 Å². The number of rotatable bonds is 8. The fourth-order valence-corrected chi connectivity index (χ4v) is 4.35. The molecule has 158 valence electrons. The zero-order valence-corrected chi connectivity index (χ0v) is 17.8. The number of anilines is 1. The Morgan fingerprint density at radius 3 is 2.33 bits per heavy atom. The van der Waals surface area contributed by atoms with Gasteiger partial charge in [0.15, 0.2) is 0 Å². The number of benzene rings is 2. The number of carbonyl (C=O) groups is 1. The van der Waals surface area contributed by atoms with Crippen molar-refractivity contribution in [1.82, 2.24) is 5.32 Å². The lowest BCUT2D eigenvalue weighted by atomic mass is 10.2. The van der Waals surface area contributed by atoms with Crippen LogP contribution >= 0.6 is 0 Å². The molecule has 0 aliphatic rings. The molecule has 0 radical (unpaired) electrons. The van der Waals surface area contributed by atoms with Gasteiger partial charge in [0.05, 0.1) is 30.0 Å². The smallest absolute Gasteiger partial charge is 0.264 e. The van der Waals surface area contributed by atoms with E-state index < -0.39 is 22.0 Å². The number of hydrogen-bond donors (Lipinski definition) is 1. The van der Waals surface area contributed by atoms with Gasteiger partial charge in [-0.2, -0.15) is 0 Å². The maximum atomic E-state index is 13.3. The van der Waals surface area contributed by atoms with Crippen molar-refractivity contribution in [3.05, 3.63) is 78.3 Å². The van der Waals surface area contributed by atoms with Crippen molar-refractivity contribution in [2.24, 2.45) is 0 Å². The Kier molecular flexibility index (Phi) is 6.47. The number of sulfonamides is 1. The molecule has 0 aliphatic carbocycles. The van der Waals surface area contributed by atoms with Gasteiger partial charge in [-0.05, 0) is 62.4 Å². The highest BCUT2D eigenvalue weighted by Gasteiger charge is 2.28. The fraction of sp³-hybridized carbons (Fsp3) is 0.227. The van der Waals surface area contributed by atoms with E-state index in [1.807, 2.05) is 6.92 Å². The third-order valence-corrected chi connectivity index (χ3v) is 6.39. The van der Waals surface area contributed by atoms with Crippen molar-refractivity contribution < 1.29 is 22.4 Å². The van der Waals surface area contributed by atoms with Gasteiger partial charge in [0, 0.05) is 0 Å². The van der Waals surface area contributed by atoms with Gasteiger partial charge in [-0.1, -0.05) is 17.7 Å².